The van der Waals surface area contributed by atoms with Gasteiger partial charge in [-0.3, -0.25) is 4.90 Å². The van der Waals surface area contributed by atoms with Crippen LogP contribution in [0.2, 0.25) is 10.0 Å². The Morgan fingerprint density at radius 3 is 2.68 bits per heavy atom. The summed E-state index contributed by atoms with van der Waals surface area (Å²) in [7, 11) is 0. The van der Waals surface area contributed by atoms with Gasteiger partial charge < -0.3 is 14.6 Å². The Kier molecular flexibility index (Phi) is 7.87. The van der Waals surface area contributed by atoms with Crippen LogP contribution in [0.3, 0.4) is 0 Å². The maximum Gasteiger partial charge on any atom is 0.142 e. The molecule has 4 nitrogen and oxygen atoms in total. The van der Waals surface area contributed by atoms with Gasteiger partial charge in [0.2, 0.25) is 0 Å². The van der Waals surface area contributed by atoms with E-state index < -0.39 is 11.9 Å². The van der Waals surface area contributed by atoms with Crippen molar-refractivity contribution in [2.45, 2.75) is 45.3 Å². The van der Waals surface area contributed by atoms with Gasteiger partial charge in [-0.25, -0.2) is 4.39 Å². The summed E-state index contributed by atoms with van der Waals surface area (Å²) in [5, 5.41) is 10.9. The standard InChI is InChI=1S/C24H30Cl2FNO3/c1-15-5-6-22(18(9-15)24(2,3)4)31-14-16(29)12-28-7-8-30-23(13-28)17-10-21(27)20(26)11-19(17)25/h5-6,9-11,16,23,29H,7-8,12-14H2,1-4H3. The van der Waals surface area contributed by atoms with Gasteiger partial charge in [0.1, 0.15) is 24.3 Å². The first-order chi connectivity index (χ1) is 14.5. The number of ether oxygens (including phenoxy) is 2. The molecule has 7 heteroatoms. The summed E-state index contributed by atoms with van der Waals surface area (Å²) in [5.74, 6) is 0.267. The fraction of sp³-hybridized carbons (Fsp3) is 0.500. The molecule has 2 aromatic rings. The lowest BCUT2D eigenvalue weighted by atomic mass is 9.85. The number of aliphatic hydroxyl groups is 1. The second-order valence-electron chi connectivity index (χ2n) is 9.12. The zero-order chi connectivity index (χ0) is 22.8. The van der Waals surface area contributed by atoms with Crippen molar-refractivity contribution in [3.63, 3.8) is 0 Å². The van der Waals surface area contributed by atoms with Crippen molar-refractivity contribution in [3.05, 3.63) is 62.9 Å². The quantitative estimate of drug-likeness (QED) is 0.562. The SMILES string of the molecule is Cc1ccc(OCC(O)CN2CCOC(c3cc(F)c(Cl)cc3Cl)C2)c(C(C)(C)C)c1. The third-order valence-corrected chi connectivity index (χ3v) is 6.00. The normalized spacial score (nSPS) is 18.8. The lowest BCUT2D eigenvalue weighted by Gasteiger charge is -2.34. The molecule has 2 unspecified atom stereocenters. The van der Waals surface area contributed by atoms with E-state index in [0.717, 1.165) is 11.3 Å². The number of rotatable bonds is 6. The lowest BCUT2D eigenvalue weighted by molar-refractivity contribution is -0.0460. The van der Waals surface area contributed by atoms with Crippen molar-refractivity contribution < 1.29 is 19.0 Å². The molecule has 0 spiro atoms. The molecule has 1 aliphatic rings. The Labute approximate surface area is 193 Å². The van der Waals surface area contributed by atoms with E-state index in [1.807, 2.05) is 12.1 Å². The molecule has 170 valence electrons. The van der Waals surface area contributed by atoms with E-state index in [9.17, 15) is 9.50 Å². The molecule has 1 saturated heterocycles. The molecule has 3 rings (SSSR count). The van der Waals surface area contributed by atoms with Crippen LogP contribution in [0.25, 0.3) is 0 Å². The highest BCUT2D eigenvalue weighted by Crippen LogP contribution is 2.33. The molecule has 0 amide bonds. The van der Waals surface area contributed by atoms with E-state index >= 15 is 0 Å². The number of hydrogen-bond acceptors (Lipinski definition) is 4. The highest BCUT2D eigenvalue weighted by atomic mass is 35.5. The van der Waals surface area contributed by atoms with Gasteiger partial charge in [0.05, 0.1) is 17.7 Å². The zero-order valence-corrected chi connectivity index (χ0v) is 19.9. The largest absolute Gasteiger partial charge is 0.491 e. The predicted molar refractivity (Wildman–Crippen MR) is 123 cm³/mol. The summed E-state index contributed by atoms with van der Waals surface area (Å²) in [6.07, 6.45) is -1.06. The van der Waals surface area contributed by atoms with Gasteiger partial charge in [-0.05, 0) is 36.1 Å². The van der Waals surface area contributed by atoms with Crippen LogP contribution >= 0.6 is 23.2 Å². The first-order valence-electron chi connectivity index (χ1n) is 10.4. The summed E-state index contributed by atoms with van der Waals surface area (Å²) in [6, 6.07) is 8.82. The van der Waals surface area contributed by atoms with E-state index in [1.54, 1.807) is 0 Å². The molecule has 2 atom stereocenters. The predicted octanol–water partition coefficient (Wildman–Crippen LogP) is 5.55. The molecule has 0 radical (unpaired) electrons. The number of nitrogens with zero attached hydrogens (tertiary/aromatic N) is 1. The van der Waals surface area contributed by atoms with Crippen molar-refractivity contribution in [1.29, 1.82) is 0 Å². The number of halogens is 3. The Morgan fingerprint density at radius 1 is 1.23 bits per heavy atom. The molecule has 1 N–H and O–H groups in total. The fourth-order valence-electron chi connectivity index (χ4n) is 3.73. The number of hydrogen-bond donors (Lipinski definition) is 1. The van der Waals surface area contributed by atoms with Crippen LogP contribution < -0.4 is 4.74 Å². The van der Waals surface area contributed by atoms with Gasteiger partial charge in [-0.1, -0.05) is 61.7 Å². The van der Waals surface area contributed by atoms with Crippen molar-refractivity contribution in [1.82, 2.24) is 4.90 Å². The van der Waals surface area contributed by atoms with Crippen molar-refractivity contribution in [2.75, 3.05) is 32.8 Å². The molecular weight excluding hydrogens is 440 g/mol. The third-order valence-electron chi connectivity index (χ3n) is 5.38. The number of β-amino-alcohol motifs (C(OH)–C–C–N with tert-alkyl or cyclic N) is 1. The smallest absolute Gasteiger partial charge is 0.142 e. The molecule has 2 aromatic carbocycles. The van der Waals surface area contributed by atoms with Crippen molar-refractivity contribution in [3.8, 4) is 5.75 Å². The number of benzene rings is 2. The zero-order valence-electron chi connectivity index (χ0n) is 18.4. The van der Waals surface area contributed by atoms with E-state index in [2.05, 4.69) is 38.7 Å². The van der Waals surface area contributed by atoms with Crippen LogP contribution in [0, 0.1) is 12.7 Å². The molecule has 0 saturated carbocycles. The summed E-state index contributed by atoms with van der Waals surface area (Å²) in [6.45, 7) is 10.7. The summed E-state index contributed by atoms with van der Waals surface area (Å²) >= 11 is 12.0. The average Bonchev–Trinajstić information content (AvgIpc) is 2.69. The summed E-state index contributed by atoms with van der Waals surface area (Å²) in [5.41, 5.74) is 2.80. The van der Waals surface area contributed by atoms with Crippen molar-refractivity contribution in [2.24, 2.45) is 0 Å². The molecule has 1 aliphatic heterocycles. The Hall–Kier alpha value is -1.37. The molecule has 31 heavy (non-hydrogen) atoms. The number of morpholine rings is 1. The number of aryl methyl sites for hydroxylation is 1. The van der Waals surface area contributed by atoms with Crippen LogP contribution in [0.1, 0.15) is 43.6 Å². The van der Waals surface area contributed by atoms with Crippen LogP contribution in [-0.4, -0.2) is 49.0 Å². The molecule has 1 heterocycles. The molecular formula is C24H30Cl2FNO3. The highest BCUT2D eigenvalue weighted by molar-refractivity contribution is 6.35. The second kappa shape index (κ2) is 10.1. The Balaban J connectivity index is 1.60. The van der Waals surface area contributed by atoms with Gasteiger partial charge in [0.25, 0.3) is 0 Å². The molecule has 0 aromatic heterocycles. The van der Waals surface area contributed by atoms with Gasteiger partial charge in [-0.15, -0.1) is 0 Å². The van der Waals surface area contributed by atoms with Gasteiger partial charge in [-0.2, -0.15) is 0 Å². The summed E-state index contributed by atoms with van der Waals surface area (Å²) < 4.78 is 25.7. The minimum Gasteiger partial charge on any atom is -0.491 e. The van der Waals surface area contributed by atoms with E-state index in [1.165, 1.54) is 17.7 Å². The highest BCUT2D eigenvalue weighted by Gasteiger charge is 2.27. The molecule has 1 fully saturated rings. The summed E-state index contributed by atoms with van der Waals surface area (Å²) in [4.78, 5) is 2.07. The Morgan fingerprint density at radius 2 is 1.97 bits per heavy atom. The monoisotopic (exact) mass is 469 g/mol. The number of aliphatic hydroxyl groups excluding tert-OH is 1. The minimum atomic E-state index is -0.676. The van der Waals surface area contributed by atoms with Gasteiger partial charge in [0.15, 0.2) is 0 Å². The van der Waals surface area contributed by atoms with E-state index in [4.69, 9.17) is 32.7 Å². The van der Waals surface area contributed by atoms with Crippen LogP contribution in [0.5, 0.6) is 5.75 Å². The Bertz CT molecular complexity index is 916. The second-order valence-corrected chi connectivity index (χ2v) is 9.94. The first kappa shape index (κ1) is 24.3. The third kappa shape index (κ3) is 6.33. The van der Waals surface area contributed by atoms with Crippen LogP contribution in [-0.2, 0) is 10.2 Å². The first-order valence-corrected chi connectivity index (χ1v) is 11.2. The lowest BCUT2D eigenvalue weighted by Crippen LogP contribution is -2.43. The van der Waals surface area contributed by atoms with E-state index in [0.29, 0.717) is 36.8 Å². The maximum atomic E-state index is 13.9. The van der Waals surface area contributed by atoms with Gasteiger partial charge in [0, 0.05) is 30.2 Å². The van der Waals surface area contributed by atoms with Crippen LogP contribution in [0.4, 0.5) is 4.39 Å². The van der Waals surface area contributed by atoms with Crippen LogP contribution in [0.15, 0.2) is 30.3 Å². The average molecular weight is 470 g/mol. The minimum absolute atomic E-state index is 0.0141. The molecule has 0 bridgehead atoms. The fourth-order valence-corrected chi connectivity index (χ4v) is 4.24. The van der Waals surface area contributed by atoms with Gasteiger partial charge >= 0.3 is 0 Å². The maximum absolute atomic E-state index is 13.9. The molecule has 0 aliphatic carbocycles. The van der Waals surface area contributed by atoms with E-state index in [-0.39, 0.29) is 23.1 Å². The topological polar surface area (TPSA) is 41.9 Å². The van der Waals surface area contributed by atoms with Crippen molar-refractivity contribution >= 4 is 23.2 Å².